The monoisotopic (exact) mass is 486 g/mol. The molecule has 2 atom stereocenters. The third kappa shape index (κ3) is 3.48. The fourth-order valence-electron chi connectivity index (χ4n) is 6.17. The first-order valence-electron chi connectivity index (χ1n) is 12.2. The van der Waals surface area contributed by atoms with E-state index in [-0.39, 0.29) is 11.5 Å². The molecule has 2 bridgehead atoms. The molecule has 0 saturated heterocycles. The van der Waals surface area contributed by atoms with Gasteiger partial charge < -0.3 is 14.6 Å². The van der Waals surface area contributed by atoms with Crippen LogP contribution in [-0.2, 0) is 9.63 Å². The molecule has 186 valence electrons. The van der Waals surface area contributed by atoms with Crippen LogP contribution < -0.4 is 10.9 Å². The van der Waals surface area contributed by atoms with Crippen molar-refractivity contribution in [3.8, 4) is 0 Å². The number of benzene rings is 2. The molecule has 2 aliphatic rings. The lowest BCUT2D eigenvalue weighted by Crippen LogP contribution is -2.43. The number of carbonyl (C=O) groups is 2. The van der Waals surface area contributed by atoms with Gasteiger partial charge in [-0.25, -0.2) is 9.59 Å². The van der Waals surface area contributed by atoms with Crippen molar-refractivity contribution >= 4 is 34.2 Å². The van der Waals surface area contributed by atoms with Crippen LogP contribution in [0.2, 0.25) is 0 Å². The fraction of sp³-hybridized carbons (Fsp3) is 0.379. The highest BCUT2D eigenvalue weighted by atomic mass is 16.7. The average molecular weight is 487 g/mol. The van der Waals surface area contributed by atoms with E-state index in [2.05, 4.69) is 37.3 Å². The highest BCUT2D eigenvalue weighted by Crippen LogP contribution is 2.71. The van der Waals surface area contributed by atoms with E-state index in [1.807, 2.05) is 26.0 Å². The number of amides is 1. The number of nitrogens with one attached hydrogen (secondary N) is 1. The summed E-state index contributed by atoms with van der Waals surface area (Å²) in [6.45, 7) is 10.3. The van der Waals surface area contributed by atoms with E-state index in [1.165, 1.54) is 6.07 Å². The van der Waals surface area contributed by atoms with Crippen molar-refractivity contribution in [1.82, 2.24) is 0 Å². The average Bonchev–Trinajstić information content (AvgIpc) is 3.12. The van der Waals surface area contributed by atoms with Crippen molar-refractivity contribution < 1.29 is 18.8 Å². The van der Waals surface area contributed by atoms with Gasteiger partial charge in [-0.15, -0.1) is 0 Å². The highest BCUT2D eigenvalue weighted by molar-refractivity contribution is 6.06. The molecule has 3 aromatic rings. The summed E-state index contributed by atoms with van der Waals surface area (Å²) in [5, 5.41) is 7.99. The Balaban J connectivity index is 1.42. The fourth-order valence-corrected chi connectivity index (χ4v) is 6.17. The summed E-state index contributed by atoms with van der Waals surface area (Å²) in [4.78, 5) is 44.2. The van der Waals surface area contributed by atoms with Gasteiger partial charge in [0.05, 0.1) is 11.1 Å². The van der Waals surface area contributed by atoms with Crippen molar-refractivity contribution in [2.45, 2.75) is 53.9 Å². The minimum atomic E-state index is -0.875. The van der Waals surface area contributed by atoms with Crippen LogP contribution in [0.5, 0.6) is 0 Å². The Morgan fingerprint density at radius 2 is 1.69 bits per heavy atom. The maximum atomic E-state index is 13.7. The van der Waals surface area contributed by atoms with Gasteiger partial charge in [0.2, 0.25) is 5.91 Å². The van der Waals surface area contributed by atoms with E-state index in [0.29, 0.717) is 29.5 Å². The maximum Gasteiger partial charge on any atom is 0.373 e. The first-order valence-corrected chi connectivity index (χ1v) is 12.2. The van der Waals surface area contributed by atoms with Crippen LogP contribution >= 0.6 is 0 Å². The predicted molar refractivity (Wildman–Crippen MR) is 138 cm³/mol. The number of carbonyl (C=O) groups excluding carboxylic acids is 2. The maximum absolute atomic E-state index is 13.7. The zero-order chi connectivity index (χ0) is 25.9. The second kappa shape index (κ2) is 8.15. The first-order chi connectivity index (χ1) is 17.0. The number of hydrogen-bond acceptors (Lipinski definition) is 6. The second-order valence-electron chi connectivity index (χ2n) is 10.9. The molecule has 1 aromatic heterocycles. The molecule has 0 radical (unpaired) electrons. The number of aryl methyl sites for hydroxylation is 2. The van der Waals surface area contributed by atoms with Gasteiger partial charge in [0.15, 0.2) is 0 Å². The summed E-state index contributed by atoms with van der Waals surface area (Å²) in [7, 11) is 0. The topological polar surface area (TPSA) is 98.0 Å². The third-order valence-corrected chi connectivity index (χ3v) is 8.75. The number of hydrogen-bond donors (Lipinski definition) is 1. The largest absolute Gasteiger partial charge is 0.422 e. The Bertz CT molecular complexity index is 1480. The molecular formula is C29H30N2O5. The van der Waals surface area contributed by atoms with Gasteiger partial charge in [0.1, 0.15) is 11.1 Å². The van der Waals surface area contributed by atoms with Crippen LogP contribution in [0, 0.1) is 30.1 Å². The summed E-state index contributed by atoms with van der Waals surface area (Å²) in [5.41, 5.74) is 1.46. The summed E-state index contributed by atoms with van der Waals surface area (Å²) >= 11 is 0. The Morgan fingerprint density at radius 1 is 1.00 bits per heavy atom. The lowest BCUT2D eigenvalue weighted by atomic mass is 9.64. The zero-order valence-corrected chi connectivity index (χ0v) is 21.2. The van der Waals surface area contributed by atoms with Crippen LogP contribution in [-0.4, -0.2) is 17.6 Å². The molecule has 7 heteroatoms. The molecule has 2 unspecified atom stereocenters. The Morgan fingerprint density at radius 3 is 2.42 bits per heavy atom. The minimum Gasteiger partial charge on any atom is -0.422 e. The van der Waals surface area contributed by atoms with E-state index in [4.69, 9.17) is 9.25 Å². The van der Waals surface area contributed by atoms with Gasteiger partial charge in [0, 0.05) is 22.9 Å². The molecule has 1 heterocycles. The number of nitrogens with zero attached hydrogens (tertiary/aromatic N) is 1. The summed E-state index contributed by atoms with van der Waals surface area (Å²) in [5.74, 6) is -0.923. The molecular weight excluding hydrogens is 456 g/mol. The van der Waals surface area contributed by atoms with Crippen LogP contribution in [0.3, 0.4) is 0 Å². The summed E-state index contributed by atoms with van der Waals surface area (Å²) in [6, 6.07) is 14.4. The van der Waals surface area contributed by atoms with Crippen molar-refractivity contribution in [2.75, 3.05) is 5.32 Å². The first kappa shape index (κ1) is 24.0. The molecule has 2 saturated carbocycles. The highest BCUT2D eigenvalue weighted by Gasteiger charge is 2.71. The van der Waals surface area contributed by atoms with Gasteiger partial charge in [-0.1, -0.05) is 50.2 Å². The number of rotatable bonds is 4. The van der Waals surface area contributed by atoms with Crippen LogP contribution in [0.4, 0.5) is 5.69 Å². The number of para-hydroxylation sites is 1. The van der Waals surface area contributed by atoms with Crippen molar-refractivity contribution in [2.24, 2.45) is 21.4 Å². The molecule has 2 aliphatic carbocycles. The molecule has 5 rings (SSSR count). The second-order valence-corrected chi connectivity index (χ2v) is 10.9. The molecule has 1 N–H and O–H groups in total. The van der Waals surface area contributed by atoms with Crippen molar-refractivity contribution in [3.63, 3.8) is 0 Å². The van der Waals surface area contributed by atoms with Crippen LogP contribution in [0.25, 0.3) is 11.0 Å². The number of anilines is 1. The molecule has 0 spiro atoms. The lowest BCUT2D eigenvalue weighted by Gasteiger charge is -2.39. The Hall–Kier alpha value is -3.74. The summed E-state index contributed by atoms with van der Waals surface area (Å²) in [6.07, 6.45) is 1.84. The quantitative estimate of drug-likeness (QED) is 0.286. The van der Waals surface area contributed by atoms with Gasteiger partial charge in [-0.05, 0) is 67.5 Å². The SMILES string of the molecule is Cc1cc(C)cc(NC(=O)C23CCC(C)(C(=NOC(=O)c4cc5ccccc5oc4=O)C2)C3(C)C)c1. The van der Waals surface area contributed by atoms with Gasteiger partial charge in [-0.2, -0.15) is 0 Å². The lowest BCUT2D eigenvalue weighted by molar-refractivity contribution is -0.130. The molecule has 2 fully saturated rings. The van der Waals surface area contributed by atoms with E-state index < -0.39 is 27.8 Å². The van der Waals surface area contributed by atoms with E-state index in [1.54, 1.807) is 24.3 Å². The summed E-state index contributed by atoms with van der Waals surface area (Å²) < 4.78 is 5.25. The van der Waals surface area contributed by atoms with Crippen molar-refractivity contribution in [1.29, 1.82) is 0 Å². The molecule has 2 aromatic carbocycles. The Labute approximate surface area is 209 Å². The molecule has 1 amide bonds. The standard InChI is InChI=1S/C29H30N2O5/c1-17-12-18(2)14-20(13-17)30-26(34)29-11-10-28(5,27(29,3)4)23(16-29)31-36-25(33)21-15-19-8-6-7-9-22(19)35-24(21)32/h6-9,12-15H,10-11,16H2,1-5H3,(H,30,34). The molecule has 7 nitrogen and oxygen atoms in total. The minimum absolute atomic E-state index is 0.0482. The van der Waals surface area contributed by atoms with Crippen LogP contribution in [0.15, 0.2) is 62.9 Å². The van der Waals surface area contributed by atoms with E-state index in [9.17, 15) is 14.4 Å². The van der Waals surface area contributed by atoms with E-state index in [0.717, 1.165) is 23.2 Å². The number of fused-ring (bicyclic) bond motifs is 3. The van der Waals surface area contributed by atoms with Gasteiger partial charge in [-0.3, -0.25) is 4.79 Å². The van der Waals surface area contributed by atoms with Gasteiger partial charge >= 0.3 is 11.6 Å². The normalized spacial score (nSPS) is 25.3. The van der Waals surface area contributed by atoms with E-state index >= 15 is 0 Å². The van der Waals surface area contributed by atoms with Crippen LogP contribution in [0.1, 0.15) is 61.5 Å². The van der Waals surface area contributed by atoms with Gasteiger partial charge in [0.25, 0.3) is 0 Å². The molecule has 0 aliphatic heterocycles. The molecule has 36 heavy (non-hydrogen) atoms. The predicted octanol–water partition coefficient (Wildman–Crippen LogP) is 5.78. The zero-order valence-electron chi connectivity index (χ0n) is 21.2. The third-order valence-electron chi connectivity index (χ3n) is 8.75. The Kier molecular flexibility index (Phi) is 5.43. The van der Waals surface area contributed by atoms with Crippen molar-refractivity contribution in [3.05, 3.63) is 75.6 Å². The number of oxime groups is 1. The smallest absolute Gasteiger partial charge is 0.373 e.